The molecule has 0 aliphatic rings. The third kappa shape index (κ3) is 3.74. The van der Waals surface area contributed by atoms with Gasteiger partial charge >= 0.3 is 0 Å². The number of hydrogen-bond acceptors (Lipinski definition) is 6. The number of benzene rings is 2. The normalized spacial score (nSPS) is 11.3. The molecule has 1 N–H and O–H groups in total. The zero-order valence-electron chi connectivity index (χ0n) is 13.6. The second kappa shape index (κ2) is 6.48. The summed E-state index contributed by atoms with van der Waals surface area (Å²) < 4.78 is 32.6. The van der Waals surface area contributed by atoms with Gasteiger partial charge < -0.3 is 4.52 Å². The smallest absolute Gasteiger partial charge is 0.261 e. The first kappa shape index (κ1) is 16.8. The summed E-state index contributed by atoms with van der Waals surface area (Å²) in [4.78, 5) is 15.6. The second-order valence-electron chi connectivity index (χ2n) is 5.41. The number of ketones is 1. The Hall–Kier alpha value is -3.00. The summed E-state index contributed by atoms with van der Waals surface area (Å²) in [5.74, 6) is 0.561. The Balaban J connectivity index is 1.92. The minimum absolute atomic E-state index is 0.0562. The van der Waals surface area contributed by atoms with E-state index in [1.807, 2.05) is 0 Å². The van der Waals surface area contributed by atoms with E-state index in [2.05, 4.69) is 14.9 Å². The van der Waals surface area contributed by atoms with Crippen LogP contribution in [0.4, 0.5) is 5.69 Å². The van der Waals surface area contributed by atoms with E-state index >= 15 is 0 Å². The van der Waals surface area contributed by atoms with E-state index in [4.69, 9.17) is 4.52 Å². The summed E-state index contributed by atoms with van der Waals surface area (Å²) in [5, 5.41) is 3.79. The quantitative estimate of drug-likeness (QED) is 0.704. The number of carbonyl (C=O) groups is 1. The Bertz CT molecular complexity index is 1040. The highest BCUT2D eigenvalue weighted by atomic mass is 32.2. The van der Waals surface area contributed by atoms with Gasteiger partial charge in [0.15, 0.2) is 5.78 Å². The van der Waals surface area contributed by atoms with E-state index in [0.717, 1.165) is 0 Å². The zero-order chi connectivity index (χ0) is 18.0. The van der Waals surface area contributed by atoms with Crippen molar-refractivity contribution in [2.75, 3.05) is 4.72 Å². The van der Waals surface area contributed by atoms with Crippen LogP contribution in [0.25, 0.3) is 11.4 Å². The third-order valence-corrected chi connectivity index (χ3v) is 4.83. The Morgan fingerprint density at radius 2 is 1.88 bits per heavy atom. The minimum Gasteiger partial charge on any atom is -0.339 e. The molecule has 0 aliphatic carbocycles. The van der Waals surface area contributed by atoms with Crippen molar-refractivity contribution in [3.8, 4) is 11.4 Å². The Morgan fingerprint density at radius 1 is 1.12 bits per heavy atom. The lowest BCUT2D eigenvalue weighted by Gasteiger charge is -2.09. The molecule has 0 saturated heterocycles. The predicted molar refractivity (Wildman–Crippen MR) is 91.7 cm³/mol. The lowest BCUT2D eigenvalue weighted by molar-refractivity contribution is 0.101. The Kier molecular flexibility index (Phi) is 4.37. The van der Waals surface area contributed by atoms with E-state index in [-0.39, 0.29) is 10.7 Å². The molecule has 128 valence electrons. The van der Waals surface area contributed by atoms with Gasteiger partial charge in [-0.25, -0.2) is 8.42 Å². The molecule has 25 heavy (non-hydrogen) atoms. The molecule has 8 heteroatoms. The monoisotopic (exact) mass is 357 g/mol. The minimum atomic E-state index is -3.83. The van der Waals surface area contributed by atoms with Crippen LogP contribution in [-0.4, -0.2) is 24.3 Å². The molecule has 1 aromatic heterocycles. The van der Waals surface area contributed by atoms with Crippen molar-refractivity contribution < 1.29 is 17.7 Å². The summed E-state index contributed by atoms with van der Waals surface area (Å²) in [6, 6.07) is 12.5. The first-order valence-electron chi connectivity index (χ1n) is 7.40. The maximum absolute atomic E-state index is 12.6. The number of rotatable bonds is 5. The first-order chi connectivity index (χ1) is 11.8. The molecular formula is C17H15N3O4S. The van der Waals surface area contributed by atoms with E-state index in [9.17, 15) is 13.2 Å². The molecule has 0 atom stereocenters. The highest BCUT2D eigenvalue weighted by Crippen LogP contribution is 2.22. The van der Waals surface area contributed by atoms with Gasteiger partial charge in [-0.1, -0.05) is 29.4 Å². The molecule has 0 fully saturated rings. The van der Waals surface area contributed by atoms with Crippen LogP contribution in [0, 0.1) is 6.92 Å². The Morgan fingerprint density at radius 3 is 2.56 bits per heavy atom. The molecule has 3 aromatic rings. The van der Waals surface area contributed by atoms with Crippen molar-refractivity contribution in [2.24, 2.45) is 0 Å². The van der Waals surface area contributed by atoms with Crippen LogP contribution in [0.3, 0.4) is 0 Å². The van der Waals surface area contributed by atoms with Crippen LogP contribution in [-0.2, 0) is 10.0 Å². The fourth-order valence-corrected chi connectivity index (χ4v) is 3.33. The molecule has 0 spiro atoms. The average Bonchev–Trinajstić information content (AvgIpc) is 3.01. The Labute approximate surface area is 144 Å². The lowest BCUT2D eigenvalue weighted by Crippen LogP contribution is -2.13. The van der Waals surface area contributed by atoms with Gasteiger partial charge in [0, 0.05) is 23.7 Å². The summed E-state index contributed by atoms with van der Waals surface area (Å²) in [6.45, 7) is 3.07. The molecule has 7 nitrogen and oxygen atoms in total. The van der Waals surface area contributed by atoms with Crippen LogP contribution >= 0.6 is 0 Å². The van der Waals surface area contributed by atoms with Crippen molar-refractivity contribution in [3.05, 3.63) is 60.0 Å². The van der Waals surface area contributed by atoms with E-state index < -0.39 is 10.0 Å². The molecule has 0 aliphatic heterocycles. The van der Waals surface area contributed by atoms with Crippen molar-refractivity contribution >= 4 is 21.5 Å². The van der Waals surface area contributed by atoms with Crippen molar-refractivity contribution in [1.82, 2.24) is 10.1 Å². The van der Waals surface area contributed by atoms with Crippen LogP contribution in [0.15, 0.2) is 57.9 Å². The van der Waals surface area contributed by atoms with Gasteiger partial charge in [0.25, 0.3) is 10.0 Å². The third-order valence-electron chi connectivity index (χ3n) is 3.45. The van der Waals surface area contributed by atoms with Crippen molar-refractivity contribution in [1.29, 1.82) is 0 Å². The summed E-state index contributed by atoms with van der Waals surface area (Å²) in [5.41, 5.74) is 1.27. The van der Waals surface area contributed by atoms with E-state index in [1.54, 1.807) is 37.3 Å². The van der Waals surface area contributed by atoms with Gasteiger partial charge in [0.05, 0.1) is 4.90 Å². The molecule has 1 heterocycles. The number of nitrogens with zero attached hydrogens (tertiary/aromatic N) is 2. The molecule has 0 radical (unpaired) electrons. The number of sulfonamides is 1. The highest BCUT2D eigenvalue weighted by Gasteiger charge is 2.17. The van der Waals surface area contributed by atoms with Gasteiger partial charge in [-0.2, -0.15) is 4.98 Å². The number of aromatic nitrogens is 2. The van der Waals surface area contributed by atoms with Gasteiger partial charge in [-0.05, 0) is 31.2 Å². The number of nitrogens with one attached hydrogen (secondary N) is 1. The number of anilines is 1. The summed E-state index contributed by atoms with van der Waals surface area (Å²) >= 11 is 0. The summed E-state index contributed by atoms with van der Waals surface area (Å²) in [7, 11) is -3.83. The van der Waals surface area contributed by atoms with Crippen LogP contribution < -0.4 is 4.72 Å². The van der Waals surface area contributed by atoms with Crippen molar-refractivity contribution in [2.45, 2.75) is 18.7 Å². The van der Waals surface area contributed by atoms with Crippen LogP contribution in [0.2, 0.25) is 0 Å². The maximum atomic E-state index is 12.6. The highest BCUT2D eigenvalue weighted by molar-refractivity contribution is 7.92. The lowest BCUT2D eigenvalue weighted by atomic mass is 10.1. The molecule has 0 bridgehead atoms. The molecular weight excluding hydrogens is 342 g/mol. The fourth-order valence-electron chi connectivity index (χ4n) is 2.23. The average molecular weight is 357 g/mol. The van der Waals surface area contributed by atoms with Gasteiger partial charge in [-0.3, -0.25) is 9.52 Å². The first-order valence-corrected chi connectivity index (χ1v) is 8.88. The maximum Gasteiger partial charge on any atom is 0.261 e. The molecule has 2 aromatic carbocycles. The zero-order valence-corrected chi connectivity index (χ0v) is 14.4. The molecule has 3 rings (SSSR count). The standard InChI is InChI=1S/C17H15N3O4S/c1-11(21)13-5-3-7-15(9-13)20-25(22,23)16-8-4-6-14(10-16)17-18-12(2)24-19-17/h3-10,20H,1-2H3. The van der Waals surface area contributed by atoms with E-state index in [1.165, 1.54) is 25.1 Å². The predicted octanol–water partition coefficient (Wildman–Crippen LogP) is 3.05. The van der Waals surface area contributed by atoms with Crippen LogP contribution in [0.1, 0.15) is 23.2 Å². The largest absolute Gasteiger partial charge is 0.339 e. The van der Waals surface area contributed by atoms with E-state index in [0.29, 0.717) is 28.5 Å². The molecule has 0 amide bonds. The SMILES string of the molecule is CC(=O)c1cccc(NS(=O)(=O)c2cccc(-c3noc(C)n3)c2)c1. The number of hydrogen-bond donors (Lipinski definition) is 1. The van der Waals surface area contributed by atoms with Gasteiger partial charge in [-0.15, -0.1) is 0 Å². The summed E-state index contributed by atoms with van der Waals surface area (Å²) in [6.07, 6.45) is 0. The number of carbonyl (C=O) groups excluding carboxylic acids is 1. The number of aryl methyl sites for hydroxylation is 1. The number of Topliss-reactive ketones (excluding diaryl/α,β-unsaturated/α-hetero) is 1. The van der Waals surface area contributed by atoms with Gasteiger partial charge in [0.2, 0.25) is 11.7 Å². The molecule has 0 unspecified atom stereocenters. The topological polar surface area (TPSA) is 102 Å². The van der Waals surface area contributed by atoms with Crippen LogP contribution in [0.5, 0.6) is 0 Å². The second-order valence-corrected chi connectivity index (χ2v) is 7.09. The molecule has 0 saturated carbocycles. The van der Waals surface area contributed by atoms with Crippen molar-refractivity contribution in [3.63, 3.8) is 0 Å². The fraction of sp³-hybridized carbons (Fsp3) is 0.118. The van der Waals surface area contributed by atoms with Gasteiger partial charge in [0.1, 0.15) is 0 Å².